The fraction of sp³-hybridized carbons (Fsp3) is 0.536. The predicted molar refractivity (Wildman–Crippen MR) is 151 cm³/mol. The van der Waals surface area contributed by atoms with Gasteiger partial charge < -0.3 is 29.4 Å². The number of methoxy groups -OCH3 is 1. The lowest BCUT2D eigenvalue weighted by Crippen LogP contribution is -2.22. The number of amides is 1. The molecule has 10 heteroatoms. The van der Waals surface area contributed by atoms with Crippen LogP contribution in [0.3, 0.4) is 0 Å². The molecule has 2 aliphatic rings. The third-order valence-corrected chi connectivity index (χ3v) is 8.79. The van der Waals surface area contributed by atoms with E-state index >= 15 is 0 Å². The van der Waals surface area contributed by atoms with E-state index in [0.717, 1.165) is 59.8 Å². The van der Waals surface area contributed by atoms with Crippen molar-refractivity contribution in [1.29, 1.82) is 0 Å². The van der Waals surface area contributed by atoms with Crippen molar-refractivity contribution in [3.05, 3.63) is 30.6 Å². The number of rotatable bonds is 13. The molecule has 2 unspecified atom stereocenters. The molecule has 9 nitrogen and oxygen atoms in total. The number of hydrogen-bond acceptors (Lipinski definition) is 7. The fourth-order valence-electron chi connectivity index (χ4n) is 4.64. The van der Waals surface area contributed by atoms with Gasteiger partial charge in [0.2, 0.25) is 11.8 Å². The number of aromatic nitrogens is 3. The third-order valence-electron chi connectivity index (χ3n) is 7.08. The molecule has 1 amide bonds. The molecule has 0 bridgehead atoms. The van der Waals surface area contributed by atoms with Gasteiger partial charge in [-0.25, -0.2) is 9.97 Å². The van der Waals surface area contributed by atoms with Crippen LogP contribution in [0.25, 0.3) is 22.2 Å². The molecular weight excluding hydrogens is 498 g/mol. The molecule has 2 saturated carbocycles. The first kappa shape index (κ1) is 26.6. The lowest BCUT2D eigenvalue weighted by atomic mass is 10.1. The van der Waals surface area contributed by atoms with Gasteiger partial charge in [-0.2, -0.15) is 0 Å². The van der Waals surface area contributed by atoms with Crippen LogP contribution in [0.15, 0.2) is 30.6 Å². The van der Waals surface area contributed by atoms with Gasteiger partial charge in [0.05, 0.1) is 18.8 Å². The standard InChI is InChI=1S/C28H39N5O4Si/c1-29-15-18-14-21(18)27(34)32-24-9-8-20-22(16-33(26(20)31-24)17-36-12-13-38(3,4)5)25-23(37-19-6-7-19)10-11-30-28(25)35-2/h8-11,16,18-19,21,29H,6-7,12-15,17H2,1-5H3,(H,31,32,34). The molecule has 3 aromatic heterocycles. The monoisotopic (exact) mass is 537 g/mol. The van der Waals surface area contributed by atoms with E-state index < -0.39 is 8.07 Å². The van der Waals surface area contributed by atoms with Crippen LogP contribution < -0.4 is 20.1 Å². The van der Waals surface area contributed by atoms with Gasteiger partial charge in [-0.3, -0.25) is 4.79 Å². The highest BCUT2D eigenvalue weighted by Gasteiger charge is 2.42. The number of fused-ring (bicyclic) bond motifs is 1. The first-order valence-electron chi connectivity index (χ1n) is 13.5. The number of anilines is 1. The fourth-order valence-corrected chi connectivity index (χ4v) is 5.40. The maximum atomic E-state index is 12.8. The zero-order valence-corrected chi connectivity index (χ0v) is 24.0. The summed E-state index contributed by atoms with van der Waals surface area (Å²) in [6, 6.07) is 6.83. The Bertz CT molecular complexity index is 1300. The Kier molecular flexibility index (Phi) is 7.74. The van der Waals surface area contributed by atoms with Gasteiger partial charge in [0.1, 0.15) is 23.9 Å². The summed E-state index contributed by atoms with van der Waals surface area (Å²) in [5, 5.41) is 7.10. The number of carbonyl (C=O) groups excluding carboxylic acids is 1. The number of nitrogens with one attached hydrogen (secondary N) is 2. The van der Waals surface area contributed by atoms with E-state index in [-0.39, 0.29) is 17.9 Å². The van der Waals surface area contributed by atoms with Crippen molar-refractivity contribution in [3.63, 3.8) is 0 Å². The smallest absolute Gasteiger partial charge is 0.228 e. The van der Waals surface area contributed by atoms with Crippen LogP contribution in [0.5, 0.6) is 11.6 Å². The molecule has 2 fully saturated rings. The second-order valence-electron chi connectivity index (χ2n) is 11.6. The first-order chi connectivity index (χ1) is 18.3. The van der Waals surface area contributed by atoms with E-state index in [2.05, 4.69) is 35.3 Å². The van der Waals surface area contributed by atoms with E-state index in [9.17, 15) is 4.79 Å². The lowest BCUT2D eigenvalue weighted by molar-refractivity contribution is -0.117. The molecule has 0 saturated heterocycles. The maximum absolute atomic E-state index is 12.8. The molecule has 38 heavy (non-hydrogen) atoms. The van der Waals surface area contributed by atoms with Gasteiger partial charge in [-0.15, -0.1) is 0 Å². The summed E-state index contributed by atoms with van der Waals surface area (Å²) in [5.74, 6) is 2.24. The molecule has 0 spiro atoms. The highest BCUT2D eigenvalue weighted by molar-refractivity contribution is 6.76. The largest absolute Gasteiger partial charge is 0.490 e. The van der Waals surface area contributed by atoms with Crippen molar-refractivity contribution in [2.24, 2.45) is 11.8 Å². The summed E-state index contributed by atoms with van der Waals surface area (Å²) in [6.07, 6.45) is 6.98. The van der Waals surface area contributed by atoms with Crippen LogP contribution in [0.2, 0.25) is 25.7 Å². The molecule has 2 N–H and O–H groups in total. The second kappa shape index (κ2) is 11.0. The number of nitrogens with zero attached hydrogens (tertiary/aromatic N) is 3. The van der Waals surface area contributed by atoms with Crippen LogP contribution in [-0.4, -0.2) is 61.9 Å². The molecule has 204 valence electrons. The number of ether oxygens (including phenoxy) is 3. The van der Waals surface area contributed by atoms with Crippen molar-refractivity contribution in [2.75, 3.05) is 32.6 Å². The molecule has 3 heterocycles. The van der Waals surface area contributed by atoms with Crippen LogP contribution >= 0.6 is 0 Å². The second-order valence-corrected chi connectivity index (χ2v) is 17.2. The van der Waals surface area contributed by atoms with E-state index in [1.54, 1.807) is 13.3 Å². The molecule has 3 aromatic rings. The summed E-state index contributed by atoms with van der Waals surface area (Å²) in [7, 11) is 2.32. The molecule has 2 aliphatic carbocycles. The van der Waals surface area contributed by atoms with E-state index in [1.165, 1.54) is 0 Å². The Morgan fingerprint density at radius 3 is 2.74 bits per heavy atom. The lowest BCUT2D eigenvalue weighted by Gasteiger charge is -2.15. The van der Waals surface area contributed by atoms with Crippen LogP contribution in [0, 0.1) is 11.8 Å². The van der Waals surface area contributed by atoms with Gasteiger partial charge in [-0.1, -0.05) is 19.6 Å². The molecule has 0 aliphatic heterocycles. The summed E-state index contributed by atoms with van der Waals surface area (Å²) in [6.45, 7) is 8.93. The summed E-state index contributed by atoms with van der Waals surface area (Å²) in [5.41, 5.74) is 2.45. The molecule has 0 aromatic carbocycles. The van der Waals surface area contributed by atoms with E-state index in [0.29, 0.717) is 31.0 Å². The maximum Gasteiger partial charge on any atom is 0.228 e. The van der Waals surface area contributed by atoms with Crippen molar-refractivity contribution in [1.82, 2.24) is 19.9 Å². The summed E-state index contributed by atoms with van der Waals surface area (Å²) < 4.78 is 20.0. The van der Waals surface area contributed by atoms with Gasteiger partial charge in [0, 0.05) is 43.9 Å². The van der Waals surface area contributed by atoms with E-state index in [1.807, 2.05) is 36.0 Å². The topological polar surface area (TPSA) is 99.5 Å². The van der Waals surface area contributed by atoms with E-state index in [4.69, 9.17) is 19.2 Å². The quantitative estimate of drug-likeness (QED) is 0.240. The van der Waals surface area contributed by atoms with Gasteiger partial charge in [0.15, 0.2) is 0 Å². The van der Waals surface area contributed by atoms with Gasteiger partial charge >= 0.3 is 0 Å². The Balaban J connectivity index is 1.48. The van der Waals surface area contributed by atoms with Crippen molar-refractivity contribution >= 4 is 30.8 Å². The molecule has 0 radical (unpaired) electrons. The minimum atomic E-state index is -1.21. The Labute approximate surface area is 225 Å². The number of pyridine rings is 2. The first-order valence-corrected chi connectivity index (χ1v) is 17.2. The van der Waals surface area contributed by atoms with Crippen molar-refractivity contribution < 1.29 is 19.0 Å². The Hall–Kier alpha value is -2.95. The SMILES string of the molecule is CNCC1CC1C(=O)Nc1ccc2c(-c3c(OC4CC4)ccnc3OC)cn(COCC[Si](C)(C)C)c2n1. The molecule has 2 atom stereocenters. The normalized spacial score (nSPS) is 19.0. The zero-order valence-electron chi connectivity index (χ0n) is 23.0. The number of carbonyl (C=O) groups is 1. The average molecular weight is 538 g/mol. The molecule has 5 rings (SSSR count). The third kappa shape index (κ3) is 6.19. The summed E-state index contributed by atoms with van der Waals surface area (Å²) in [4.78, 5) is 22.1. The van der Waals surface area contributed by atoms with Gasteiger partial charge in [0.25, 0.3) is 0 Å². The summed E-state index contributed by atoms with van der Waals surface area (Å²) >= 11 is 0. The van der Waals surface area contributed by atoms with Gasteiger partial charge in [-0.05, 0) is 63.0 Å². The predicted octanol–water partition coefficient (Wildman–Crippen LogP) is 4.75. The van der Waals surface area contributed by atoms with Crippen LogP contribution in [-0.2, 0) is 16.3 Å². The van der Waals surface area contributed by atoms with Crippen molar-refractivity contribution in [3.8, 4) is 22.8 Å². The average Bonchev–Trinajstić information content (AvgIpc) is 3.80. The van der Waals surface area contributed by atoms with Crippen LogP contribution in [0.4, 0.5) is 5.82 Å². The minimum absolute atomic E-state index is 0.0239. The highest BCUT2D eigenvalue weighted by Crippen LogP contribution is 2.43. The Morgan fingerprint density at radius 2 is 2.03 bits per heavy atom. The minimum Gasteiger partial charge on any atom is -0.490 e. The Morgan fingerprint density at radius 1 is 1.21 bits per heavy atom. The van der Waals surface area contributed by atoms with Crippen LogP contribution in [0.1, 0.15) is 19.3 Å². The highest BCUT2D eigenvalue weighted by atomic mass is 28.3. The number of hydrogen-bond donors (Lipinski definition) is 2. The van der Waals surface area contributed by atoms with Crippen molar-refractivity contribution in [2.45, 2.75) is 57.8 Å². The zero-order chi connectivity index (χ0) is 26.9. The molecular formula is C28H39N5O4Si.